The van der Waals surface area contributed by atoms with E-state index in [4.69, 9.17) is 0 Å². The maximum Gasteiger partial charge on any atom is 0.442 e. The molecule has 54 valence electrons. The second kappa shape index (κ2) is 2.21. The van der Waals surface area contributed by atoms with E-state index in [9.17, 15) is 9.59 Å². The van der Waals surface area contributed by atoms with Crippen molar-refractivity contribution in [2.45, 2.75) is 13.8 Å². The van der Waals surface area contributed by atoms with Gasteiger partial charge in [0.15, 0.2) is 0 Å². The highest BCUT2D eigenvalue weighted by Crippen LogP contribution is 2.07. The van der Waals surface area contributed by atoms with Crippen LogP contribution >= 0.6 is 0 Å². The lowest BCUT2D eigenvalue weighted by molar-refractivity contribution is -0.128. The van der Waals surface area contributed by atoms with E-state index < -0.39 is 12.1 Å². The summed E-state index contributed by atoms with van der Waals surface area (Å²) in [4.78, 5) is 24.4. The molecule has 0 saturated heterocycles. The molecule has 0 aromatic heterocycles. The summed E-state index contributed by atoms with van der Waals surface area (Å²) in [5.41, 5.74) is 0.213. The maximum atomic E-state index is 10.7. The number of aliphatic imine (C=N–C) groups is 1. The van der Waals surface area contributed by atoms with Crippen molar-refractivity contribution in [1.29, 1.82) is 0 Å². The second-order valence-electron chi connectivity index (χ2n) is 2.31. The van der Waals surface area contributed by atoms with Crippen molar-refractivity contribution >= 4 is 17.8 Å². The van der Waals surface area contributed by atoms with Crippen molar-refractivity contribution in [2.75, 3.05) is 0 Å². The van der Waals surface area contributed by atoms with Gasteiger partial charge in [-0.05, 0) is 0 Å². The highest BCUT2D eigenvalue weighted by atomic mass is 16.6. The van der Waals surface area contributed by atoms with E-state index in [0.29, 0.717) is 0 Å². The van der Waals surface area contributed by atoms with Crippen molar-refractivity contribution in [3.05, 3.63) is 0 Å². The normalized spacial score (nSPS) is 17.7. The Kier molecular flexibility index (Phi) is 1.53. The fourth-order valence-corrected chi connectivity index (χ4v) is 0.663. The Bertz CT molecular complexity index is 217. The fraction of sp³-hybridized carbons (Fsp3) is 0.500. The van der Waals surface area contributed by atoms with E-state index in [1.807, 2.05) is 0 Å². The molecule has 0 unspecified atom stereocenters. The molecule has 0 radical (unpaired) electrons. The van der Waals surface area contributed by atoms with Crippen LogP contribution in [0.3, 0.4) is 0 Å². The Morgan fingerprint density at radius 2 is 2.00 bits per heavy atom. The van der Waals surface area contributed by atoms with Gasteiger partial charge in [-0.1, -0.05) is 13.8 Å². The lowest BCUT2D eigenvalue weighted by Gasteiger charge is -1.96. The first-order valence-corrected chi connectivity index (χ1v) is 2.96. The summed E-state index contributed by atoms with van der Waals surface area (Å²) in [5, 5.41) is 0. The lowest BCUT2D eigenvalue weighted by atomic mass is 10.1. The highest BCUT2D eigenvalue weighted by Gasteiger charge is 2.27. The van der Waals surface area contributed by atoms with E-state index in [0.717, 1.165) is 0 Å². The van der Waals surface area contributed by atoms with Gasteiger partial charge >= 0.3 is 12.1 Å². The molecule has 1 amide bonds. The van der Waals surface area contributed by atoms with Gasteiger partial charge in [0, 0.05) is 5.92 Å². The Hall–Kier alpha value is -1.19. The zero-order valence-corrected chi connectivity index (χ0v) is 5.75. The smallest absolute Gasteiger partial charge is 0.370 e. The average molecular weight is 141 g/mol. The number of hydrogen-bond acceptors (Lipinski definition) is 3. The fourth-order valence-electron chi connectivity index (χ4n) is 0.663. The molecule has 1 rings (SSSR count). The van der Waals surface area contributed by atoms with Crippen molar-refractivity contribution in [3.8, 4) is 0 Å². The predicted molar refractivity (Wildman–Crippen MR) is 33.8 cm³/mol. The van der Waals surface area contributed by atoms with Crippen molar-refractivity contribution in [1.82, 2.24) is 0 Å². The number of cyclic esters (lactones) is 2. The van der Waals surface area contributed by atoms with Crippen LogP contribution in [0.5, 0.6) is 0 Å². The lowest BCUT2D eigenvalue weighted by Crippen LogP contribution is -2.16. The van der Waals surface area contributed by atoms with Crippen LogP contribution in [0.4, 0.5) is 4.79 Å². The zero-order chi connectivity index (χ0) is 7.72. The molecule has 10 heavy (non-hydrogen) atoms. The van der Waals surface area contributed by atoms with Crippen molar-refractivity contribution < 1.29 is 14.3 Å². The first kappa shape index (κ1) is 6.92. The molecule has 0 aromatic carbocycles. The molecule has 1 aliphatic heterocycles. The van der Waals surface area contributed by atoms with Crippen molar-refractivity contribution in [3.63, 3.8) is 0 Å². The van der Waals surface area contributed by atoms with Crippen molar-refractivity contribution in [2.24, 2.45) is 10.9 Å². The summed E-state index contributed by atoms with van der Waals surface area (Å²) < 4.78 is 4.15. The van der Waals surface area contributed by atoms with E-state index in [-0.39, 0.29) is 11.6 Å². The largest absolute Gasteiger partial charge is 0.442 e. The minimum Gasteiger partial charge on any atom is -0.370 e. The molecular weight excluding hydrogens is 134 g/mol. The van der Waals surface area contributed by atoms with Gasteiger partial charge in [0.2, 0.25) is 0 Å². The maximum absolute atomic E-state index is 10.7. The third-order valence-corrected chi connectivity index (χ3v) is 1.15. The first-order chi connectivity index (χ1) is 4.61. The summed E-state index contributed by atoms with van der Waals surface area (Å²) in [6, 6.07) is 0. The van der Waals surface area contributed by atoms with Gasteiger partial charge in [0.05, 0.1) is 0 Å². The van der Waals surface area contributed by atoms with Gasteiger partial charge in [-0.15, -0.1) is 0 Å². The van der Waals surface area contributed by atoms with Gasteiger partial charge in [0.1, 0.15) is 5.71 Å². The van der Waals surface area contributed by atoms with Gasteiger partial charge in [-0.25, -0.2) is 9.59 Å². The van der Waals surface area contributed by atoms with E-state index >= 15 is 0 Å². The minimum absolute atomic E-state index is 0.0426. The van der Waals surface area contributed by atoms with Crippen LogP contribution in [0.25, 0.3) is 0 Å². The van der Waals surface area contributed by atoms with Crippen LogP contribution in [-0.2, 0) is 9.53 Å². The molecule has 1 heterocycles. The van der Waals surface area contributed by atoms with Gasteiger partial charge in [-0.3, -0.25) is 0 Å². The monoisotopic (exact) mass is 141 g/mol. The molecular formula is C6H7NO3. The topological polar surface area (TPSA) is 55.7 Å². The number of esters is 1. The predicted octanol–water partition coefficient (Wildman–Crippen LogP) is 0.760. The number of carbonyl (C=O) groups excluding carboxylic acids is 2. The SMILES string of the molecule is CC(C)C1=NC(=O)OC1=O. The molecule has 0 aromatic rings. The van der Waals surface area contributed by atoms with Crippen LogP contribution in [0.2, 0.25) is 0 Å². The average Bonchev–Trinajstić information content (AvgIpc) is 2.10. The van der Waals surface area contributed by atoms with Crippen LogP contribution in [-0.4, -0.2) is 17.8 Å². The summed E-state index contributed by atoms with van der Waals surface area (Å²) >= 11 is 0. The summed E-state index contributed by atoms with van der Waals surface area (Å²) in [6.45, 7) is 3.55. The van der Waals surface area contributed by atoms with Crippen LogP contribution in [0, 0.1) is 5.92 Å². The molecule has 0 atom stereocenters. The number of hydrogen-bond donors (Lipinski definition) is 0. The molecule has 0 fully saturated rings. The Morgan fingerprint density at radius 3 is 2.20 bits per heavy atom. The third-order valence-electron chi connectivity index (χ3n) is 1.15. The first-order valence-electron chi connectivity index (χ1n) is 2.96. The van der Waals surface area contributed by atoms with Crippen LogP contribution < -0.4 is 0 Å². The standard InChI is InChI=1S/C6H7NO3/c1-3(2)4-5(8)10-6(9)7-4/h3H,1-2H3. The van der Waals surface area contributed by atoms with Gasteiger partial charge in [-0.2, -0.15) is 4.99 Å². The number of rotatable bonds is 1. The zero-order valence-electron chi connectivity index (χ0n) is 5.75. The minimum atomic E-state index is -0.798. The van der Waals surface area contributed by atoms with E-state index in [2.05, 4.69) is 9.73 Å². The molecule has 0 spiro atoms. The van der Waals surface area contributed by atoms with Gasteiger partial charge < -0.3 is 4.74 Å². The number of amides is 1. The molecule has 0 N–H and O–H groups in total. The second-order valence-corrected chi connectivity index (χ2v) is 2.31. The summed E-state index contributed by atoms with van der Waals surface area (Å²) in [5.74, 6) is -0.654. The molecule has 1 aliphatic rings. The molecule has 4 heteroatoms. The third kappa shape index (κ3) is 1.05. The molecule has 4 nitrogen and oxygen atoms in total. The Balaban J connectivity index is 2.85. The van der Waals surface area contributed by atoms with Crippen LogP contribution in [0.15, 0.2) is 4.99 Å². The quantitative estimate of drug-likeness (QED) is 0.400. The molecule has 0 aliphatic carbocycles. The van der Waals surface area contributed by atoms with E-state index in [1.54, 1.807) is 13.8 Å². The van der Waals surface area contributed by atoms with E-state index in [1.165, 1.54) is 0 Å². The summed E-state index contributed by atoms with van der Waals surface area (Å²) in [7, 11) is 0. The molecule has 0 bridgehead atoms. The number of nitrogens with zero attached hydrogens (tertiary/aromatic N) is 1. The number of carbonyl (C=O) groups is 2. The Labute approximate surface area is 57.9 Å². The van der Waals surface area contributed by atoms with Crippen LogP contribution in [0.1, 0.15) is 13.8 Å². The Morgan fingerprint density at radius 1 is 1.40 bits per heavy atom. The number of ether oxygens (including phenoxy) is 1. The molecule has 0 saturated carbocycles. The highest BCUT2D eigenvalue weighted by molar-refractivity contribution is 6.42. The van der Waals surface area contributed by atoms with Gasteiger partial charge in [0.25, 0.3) is 0 Å². The summed E-state index contributed by atoms with van der Waals surface area (Å²) in [6.07, 6.45) is -0.798.